The van der Waals surface area contributed by atoms with Crippen LogP contribution < -0.4 is 16.0 Å². The van der Waals surface area contributed by atoms with Crippen molar-refractivity contribution < 1.29 is 9.18 Å². The van der Waals surface area contributed by atoms with Crippen LogP contribution in [0, 0.1) is 5.82 Å². The molecule has 0 saturated heterocycles. The highest BCUT2D eigenvalue weighted by molar-refractivity contribution is 6.31. The fraction of sp³-hybridized carbons (Fsp3) is 0.0556. The molecule has 1 amide bonds. The fourth-order valence-corrected chi connectivity index (χ4v) is 2.36. The number of carbonyl (C=O) groups is 1. The zero-order valence-corrected chi connectivity index (χ0v) is 14.5. The molecule has 0 aliphatic rings. The second kappa shape index (κ2) is 7.79. The third-order valence-electron chi connectivity index (χ3n) is 3.31. The second-order valence-electron chi connectivity index (χ2n) is 5.40. The van der Waals surface area contributed by atoms with E-state index in [0.29, 0.717) is 23.1 Å². The molecule has 0 fully saturated rings. The van der Waals surface area contributed by atoms with Crippen LogP contribution in [-0.2, 0) is 4.79 Å². The number of benzene rings is 2. The van der Waals surface area contributed by atoms with Gasteiger partial charge in [0, 0.05) is 30.2 Å². The van der Waals surface area contributed by atoms with Gasteiger partial charge in [-0.1, -0.05) is 11.6 Å². The molecule has 0 aliphatic carbocycles. The number of nitrogens with one attached hydrogen (secondary N) is 3. The molecule has 0 saturated carbocycles. The summed E-state index contributed by atoms with van der Waals surface area (Å²) in [5, 5.41) is 8.83. The zero-order chi connectivity index (χ0) is 18.5. The number of nitrogens with zero attached hydrogens (tertiary/aromatic N) is 2. The van der Waals surface area contributed by atoms with E-state index < -0.39 is 5.82 Å². The summed E-state index contributed by atoms with van der Waals surface area (Å²) in [6.45, 7) is 1.45. The third kappa shape index (κ3) is 4.67. The summed E-state index contributed by atoms with van der Waals surface area (Å²) in [7, 11) is 0. The van der Waals surface area contributed by atoms with Crippen molar-refractivity contribution in [2.45, 2.75) is 6.92 Å². The van der Waals surface area contributed by atoms with Gasteiger partial charge in [0.25, 0.3) is 0 Å². The van der Waals surface area contributed by atoms with Crippen LogP contribution in [0.4, 0.5) is 33.2 Å². The number of hydrogen-bond acceptors (Lipinski definition) is 5. The summed E-state index contributed by atoms with van der Waals surface area (Å²) in [4.78, 5) is 19.5. The van der Waals surface area contributed by atoms with Gasteiger partial charge in [0.05, 0.1) is 5.02 Å². The quantitative estimate of drug-likeness (QED) is 0.605. The Labute approximate surface area is 154 Å². The summed E-state index contributed by atoms with van der Waals surface area (Å²) in [6.07, 6.45) is 1.59. The molecular formula is C18H15ClFN5O. The molecule has 8 heteroatoms. The molecule has 0 bridgehead atoms. The van der Waals surface area contributed by atoms with Gasteiger partial charge in [0.1, 0.15) is 11.6 Å². The van der Waals surface area contributed by atoms with E-state index in [1.807, 2.05) is 12.1 Å². The van der Waals surface area contributed by atoms with Crippen LogP contribution in [0.15, 0.2) is 54.7 Å². The third-order valence-corrected chi connectivity index (χ3v) is 3.60. The van der Waals surface area contributed by atoms with Gasteiger partial charge in [0.2, 0.25) is 11.9 Å². The first-order valence-corrected chi connectivity index (χ1v) is 8.07. The molecule has 0 atom stereocenters. The molecule has 132 valence electrons. The lowest BCUT2D eigenvalue weighted by Gasteiger charge is -2.09. The molecule has 0 spiro atoms. The van der Waals surface area contributed by atoms with E-state index in [-0.39, 0.29) is 10.9 Å². The molecule has 0 unspecified atom stereocenters. The molecule has 26 heavy (non-hydrogen) atoms. The highest BCUT2D eigenvalue weighted by Crippen LogP contribution is 2.22. The summed E-state index contributed by atoms with van der Waals surface area (Å²) in [6, 6.07) is 13.2. The molecule has 2 aromatic carbocycles. The molecule has 3 rings (SSSR count). The Kier molecular flexibility index (Phi) is 5.28. The standard InChI is InChI=1S/C18H15ClFN5O/c1-11(26)22-12-2-4-13(5-3-12)23-17-8-9-21-18(25-17)24-14-6-7-16(20)15(19)10-14/h2-10H,1H3,(H,22,26)(H2,21,23,24,25). The maximum Gasteiger partial charge on any atom is 0.229 e. The first-order valence-electron chi connectivity index (χ1n) is 7.69. The summed E-state index contributed by atoms with van der Waals surface area (Å²) in [5.74, 6) is 0.296. The van der Waals surface area contributed by atoms with E-state index in [2.05, 4.69) is 25.9 Å². The average molecular weight is 372 g/mol. The van der Waals surface area contributed by atoms with Crippen LogP contribution in [0.25, 0.3) is 0 Å². The van der Waals surface area contributed by atoms with Crippen LogP contribution in [0.5, 0.6) is 0 Å². The first-order chi connectivity index (χ1) is 12.5. The molecular weight excluding hydrogens is 357 g/mol. The van der Waals surface area contributed by atoms with Gasteiger partial charge in [0.15, 0.2) is 0 Å². The van der Waals surface area contributed by atoms with Gasteiger partial charge in [-0.2, -0.15) is 4.98 Å². The topological polar surface area (TPSA) is 78.9 Å². The van der Waals surface area contributed by atoms with E-state index in [9.17, 15) is 9.18 Å². The Morgan fingerprint density at radius 3 is 2.38 bits per heavy atom. The summed E-state index contributed by atoms with van der Waals surface area (Å²) >= 11 is 5.77. The average Bonchev–Trinajstić information content (AvgIpc) is 2.60. The van der Waals surface area contributed by atoms with Crippen molar-refractivity contribution in [3.05, 3.63) is 65.6 Å². The van der Waals surface area contributed by atoms with Crippen molar-refractivity contribution in [1.82, 2.24) is 9.97 Å². The Hall–Kier alpha value is -3.19. The second-order valence-corrected chi connectivity index (χ2v) is 5.81. The number of aromatic nitrogens is 2. The molecule has 6 nitrogen and oxygen atoms in total. The molecule has 0 aliphatic heterocycles. The number of hydrogen-bond donors (Lipinski definition) is 3. The van der Waals surface area contributed by atoms with Gasteiger partial charge >= 0.3 is 0 Å². The number of amides is 1. The number of halogens is 2. The molecule has 1 heterocycles. The predicted molar refractivity (Wildman–Crippen MR) is 101 cm³/mol. The summed E-state index contributed by atoms with van der Waals surface area (Å²) < 4.78 is 13.2. The zero-order valence-electron chi connectivity index (χ0n) is 13.8. The minimum Gasteiger partial charge on any atom is -0.340 e. The minimum atomic E-state index is -0.490. The number of carbonyl (C=O) groups excluding carboxylic acids is 1. The number of rotatable bonds is 5. The van der Waals surface area contributed by atoms with Gasteiger partial charge < -0.3 is 16.0 Å². The normalized spacial score (nSPS) is 10.3. The maximum absolute atomic E-state index is 13.2. The van der Waals surface area contributed by atoms with Crippen molar-refractivity contribution in [3.63, 3.8) is 0 Å². The Balaban J connectivity index is 1.70. The van der Waals surface area contributed by atoms with Crippen LogP contribution in [-0.4, -0.2) is 15.9 Å². The molecule has 1 aromatic heterocycles. The van der Waals surface area contributed by atoms with Crippen LogP contribution in [0.2, 0.25) is 5.02 Å². The van der Waals surface area contributed by atoms with Crippen molar-refractivity contribution in [2.24, 2.45) is 0 Å². The molecule has 3 aromatic rings. The van der Waals surface area contributed by atoms with Gasteiger partial charge in [-0.25, -0.2) is 9.37 Å². The highest BCUT2D eigenvalue weighted by Gasteiger charge is 2.04. The van der Waals surface area contributed by atoms with Crippen LogP contribution >= 0.6 is 11.6 Å². The van der Waals surface area contributed by atoms with Gasteiger partial charge in [-0.05, 0) is 48.5 Å². The van der Waals surface area contributed by atoms with Crippen molar-refractivity contribution in [3.8, 4) is 0 Å². The largest absolute Gasteiger partial charge is 0.340 e. The van der Waals surface area contributed by atoms with E-state index >= 15 is 0 Å². The Bertz CT molecular complexity index is 933. The maximum atomic E-state index is 13.2. The van der Waals surface area contributed by atoms with Crippen LogP contribution in [0.1, 0.15) is 6.92 Å². The summed E-state index contributed by atoms with van der Waals surface area (Å²) in [5.41, 5.74) is 2.09. The lowest BCUT2D eigenvalue weighted by Crippen LogP contribution is -2.05. The Morgan fingerprint density at radius 2 is 1.69 bits per heavy atom. The smallest absolute Gasteiger partial charge is 0.229 e. The molecule has 3 N–H and O–H groups in total. The minimum absolute atomic E-state index is 0.0172. The lowest BCUT2D eigenvalue weighted by molar-refractivity contribution is -0.114. The fourth-order valence-electron chi connectivity index (χ4n) is 2.18. The molecule has 0 radical (unpaired) electrons. The predicted octanol–water partition coefficient (Wildman–Crippen LogP) is 4.71. The first kappa shape index (κ1) is 17.6. The SMILES string of the molecule is CC(=O)Nc1ccc(Nc2ccnc(Nc3ccc(F)c(Cl)c3)n2)cc1. The van der Waals surface area contributed by atoms with Gasteiger partial charge in [-0.15, -0.1) is 0 Å². The van der Waals surface area contributed by atoms with Crippen molar-refractivity contribution in [2.75, 3.05) is 16.0 Å². The number of anilines is 5. The van der Waals surface area contributed by atoms with E-state index in [4.69, 9.17) is 11.6 Å². The van der Waals surface area contributed by atoms with E-state index in [0.717, 1.165) is 5.69 Å². The Morgan fingerprint density at radius 1 is 1.00 bits per heavy atom. The van der Waals surface area contributed by atoms with E-state index in [1.165, 1.54) is 19.1 Å². The van der Waals surface area contributed by atoms with Crippen LogP contribution in [0.3, 0.4) is 0 Å². The van der Waals surface area contributed by atoms with Crippen molar-refractivity contribution >= 4 is 46.3 Å². The monoisotopic (exact) mass is 371 g/mol. The van der Waals surface area contributed by atoms with Crippen molar-refractivity contribution in [1.29, 1.82) is 0 Å². The van der Waals surface area contributed by atoms with E-state index in [1.54, 1.807) is 30.5 Å². The van der Waals surface area contributed by atoms with Gasteiger partial charge in [-0.3, -0.25) is 4.79 Å². The highest BCUT2D eigenvalue weighted by atomic mass is 35.5. The lowest BCUT2D eigenvalue weighted by atomic mass is 10.2.